The van der Waals surface area contributed by atoms with Crippen LogP contribution >= 0.6 is 16.6 Å². The molecule has 2 atom stereocenters. The maximum absolute atomic E-state index is 12.1. The van der Waals surface area contributed by atoms with Crippen molar-refractivity contribution in [1.82, 2.24) is 0 Å². The standard InChI is InChI=1S/C3H5F5NOP2/c1-11(7)9-12(8)10-2-3(4,5)6/h2H2,1H3/q+1. The number of hydrogen-bond acceptors (Lipinski definition) is 2. The Morgan fingerprint density at radius 2 is 2.00 bits per heavy atom. The van der Waals surface area contributed by atoms with Crippen LogP contribution in [0.5, 0.6) is 0 Å². The van der Waals surface area contributed by atoms with E-state index in [4.69, 9.17) is 0 Å². The maximum Gasteiger partial charge on any atom is 0.431 e. The summed E-state index contributed by atoms with van der Waals surface area (Å²) in [4.78, 5) is 0. The number of rotatable bonds is 3. The minimum atomic E-state index is -4.60. The third-order valence-electron chi connectivity index (χ3n) is 0.528. The van der Waals surface area contributed by atoms with Gasteiger partial charge in [0.15, 0.2) is 13.3 Å². The predicted octanol–water partition coefficient (Wildman–Crippen LogP) is 3.94. The van der Waals surface area contributed by atoms with Crippen LogP contribution in [0.2, 0.25) is 0 Å². The Morgan fingerprint density at radius 1 is 1.50 bits per heavy atom. The highest BCUT2D eigenvalue weighted by Crippen LogP contribution is 2.47. The molecule has 0 saturated heterocycles. The summed E-state index contributed by atoms with van der Waals surface area (Å²) in [6.45, 7) is -0.775. The molecule has 0 saturated carbocycles. The zero-order valence-electron chi connectivity index (χ0n) is 5.85. The Morgan fingerprint density at radius 3 is 2.33 bits per heavy atom. The molecule has 0 N–H and O–H groups in total. The van der Waals surface area contributed by atoms with Gasteiger partial charge >= 0.3 is 22.8 Å². The van der Waals surface area contributed by atoms with Crippen molar-refractivity contribution < 1.29 is 26.1 Å². The monoisotopic (exact) mass is 228 g/mol. The summed E-state index contributed by atoms with van der Waals surface area (Å²) in [7, 11) is -5.53. The molecule has 0 aromatic rings. The Hall–Kier alpha value is 0.140. The van der Waals surface area contributed by atoms with Gasteiger partial charge < -0.3 is 4.52 Å². The summed E-state index contributed by atoms with van der Waals surface area (Å²) in [5.41, 5.74) is 0. The number of nitrogens with zero attached hydrogens (tertiary/aromatic N) is 1. The lowest BCUT2D eigenvalue weighted by Gasteiger charge is -2.04. The van der Waals surface area contributed by atoms with E-state index in [1.165, 1.54) is 0 Å². The van der Waals surface area contributed by atoms with Crippen LogP contribution in [-0.2, 0) is 4.52 Å². The average Bonchev–Trinajstić information content (AvgIpc) is 1.80. The van der Waals surface area contributed by atoms with Crippen LogP contribution in [0.25, 0.3) is 0 Å². The van der Waals surface area contributed by atoms with Crippen molar-refractivity contribution in [3.63, 3.8) is 0 Å². The largest absolute Gasteiger partial charge is 0.431 e. The van der Waals surface area contributed by atoms with E-state index < -0.39 is 29.4 Å². The molecule has 0 rings (SSSR count). The minimum Gasteiger partial charge on any atom is -0.301 e. The third-order valence-corrected chi connectivity index (χ3v) is 2.42. The predicted molar refractivity (Wildman–Crippen MR) is 36.4 cm³/mol. The molecule has 72 valence electrons. The van der Waals surface area contributed by atoms with Crippen molar-refractivity contribution in [3.8, 4) is 0 Å². The molecule has 2 unspecified atom stereocenters. The van der Waals surface area contributed by atoms with Crippen LogP contribution < -0.4 is 0 Å². The SMILES string of the molecule is C[P+](F)=NP(F)OCC(F)(F)F. The van der Waals surface area contributed by atoms with Gasteiger partial charge in [0.1, 0.15) is 0 Å². The van der Waals surface area contributed by atoms with Crippen molar-refractivity contribution in [3.05, 3.63) is 0 Å². The van der Waals surface area contributed by atoms with Gasteiger partial charge in [0.2, 0.25) is 0 Å². The lowest BCUT2D eigenvalue weighted by molar-refractivity contribution is -0.152. The molecule has 2 nitrogen and oxygen atoms in total. The summed E-state index contributed by atoms with van der Waals surface area (Å²) in [6.07, 6.45) is -4.60. The van der Waals surface area contributed by atoms with Gasteiger partial charge in [-0.3, -0.25) is 0 Å². The van der Waals surface area contributed by atoms with Crippen molar-refractivity contribution in [2.75, 3.05) is 13.3 Å². The molecule has 0 aliphatic rings. The van der Waals surface area contributed by atoms with Gasteiger partial charge in [-0.2, -0.15) is 17.4 Å². The van der Waals surface area contributed by atoms with E-state index in [1.807, 2.05) is 0 Å². The van der Waals surface area contributed by atoms with E-state index in [0.29, 0.717) is 0 Å². The van der Waals surface area contributed by atoms with Crippen molar-refractivity contribution in [1.29, 1.82) is 0 Å². The fourth-order valence-corrected chi connectivity index (χ4v) is 1.48. The van der Waals surface area contributed by atoms with Gasteiger partial charge in [0.25, 0.3) is 0 Å². The van der Waals surface area contributed by atoms with Gasteiger partial charge in [-0.05, 0) is 0 Å². The van der Waals surface area contributed by atoms with Crippen LogP contribution in [0.15, 0.2) is 4.52 Å². The summed E-state index contributed by atoms with van der Waals surface area (Å²) >= 11 is 0. The molecule has 9 heteroatoms. The van der Waals surface area contributed by atoms with E-state index in [9.17, 15) is 21.6 Å². The second-order valence-electron chi connectivity index (χ2n) is 1.65. The summed E-state index contributed by atoms with van der Waals surface area (Å²) in [5, 5.41) is 0. The van der Waals surface area contributed by atoms with E-state index in [-0.39, 0.29) is 0 Å². The Labute approximate surface area is 67.7 Å². The van der Waals surface area contributed by atoms with Gasteiger partial charge in [0, 0.05) is 8.71 Å². The Balaban J connectivity index is 3.73. The van der Waals surface area contributed by atoms with Gasteiger partial charge in [0.05, 0.1) is 0 Å². The van der Waals surface area contributed by atoms with Crippen LogP contribution in [-0.4, -0.2) is 19.4 Å². The number of alkyl halides is 3. The normalized spacial score (nSPS) is 16.3. The Bertz CT molecular complexity index is 167. The molecular formula is C3H5F5NOP2+. The third kappa shape index (κ3) is 8.24. The van der Waals surface area contributed by atoms with Gasteiger partial charge in [-0.15, -0.1) is 0 Å². The first-order chi connectivity index (χ1) is 5.31. The summed E-state index contributed by atoms with van der Waals surface area (Å²) in [5.74, 6) is 0. The van der Waals surface area contributed by atoms with Gasteiger partial charge in [-0.1, -0.05) is 0 Å². The smallest absolute Gasteiger partial charge is 0.301 e. The van der Waals surface area contributed by atoms with Crippen LogP contribution in [0.3, 0.4) is 0 Å². The molecule has 0 aromatic carbocycles. The fraction of sp³-hybridized carbons (Fsp3) is 1.00. The lowest BCUT2D eigenvalue weighted by atomic mass is 10.7. The number of halogens is 5. The molecule has 0 aliphatic heterocycles. The van der Waals surface area contributed by atoms with E-state index in [0.717, 1.165) is 6.66 Å². The van der Waals surface area contributed by atoms with E-state index in [2.05, 4.69) is 9.04 Å². The molecule has 0 radical (unpaired) electrons. The molecule has 0 amide bonds. The number of hydrogen-bond donors (Lipinski definition) is 0. The van der Waals surface area contributed by atoms with Crippen LogP contribution in [0, 0.1) is 0 Å². The molecule has 0 bridgehead atoms. The molecule has 0 spiro atoms. The topological polar surface area (TPSA) is 21.6 Å². The quantitative estimate of drug-likeness (QED) is 0.529. The Kier molecular flexibility index (Phi) is 5.06. The molecule has 0 aliphatic carbocycles. The highest BCUT2D eigenvalue weighted by molar-refractivity contribution is 7.55. The van der Waals surface area contributed by atoms with Crippen LogP contribution in [0.1, 0.15) is 0 Å². The molecular weight excluding hydrogens is 223 g/mol. The first-order valence-corrected chi connectivity index (χ1v) is 5.31. The lowest BCUT2D eigenvalue weighted by Crippen LogP contribution is -2.14. The highest BCUT2D eigenvalue weighted by atomic mass is 31.2. The first kappa shape index (κ1) is 12.1. The average molecular weight is 228 g/mol. The van der Waals surface area contributed by atoms with E-state index in [1.54, 1.807) is 0 Å². The molecule has 0 aromatic heterocycles. The molecule has 12 heavy (non-hydrogen) atoms. The summed E-state index contributed by atoms with van der Waals surface area (Å²) in [6, 6.07) is 0. The van der Waals surface area contributed by atoms with Crippen molar-refractivity contribution in [2.24, 2.45) is 4.52 Å². The van der Waals surface area contributed by atoms with Crippen molar-refractivity contribution >= 4 is 16.6 Å². The zero-order valence-corrected chi connectivity index (χ0v) is 7.64. The molecule has 0 heterocycles. The minimum absolute atomic E-state index is 0.960. The fourth-order valence-electron chi connectivity index (χ4n) is 0.249. The highest BCUT2D eigenvalue weighted by Gasteiger charge is 2.30. The summed E-state index contributed by atoms with van der Waals surface area (Å²) < 4.78 is 64.3. The molecule has 0 fully saturated rings. The second-order valence-corrected chi connectivity index (χ2v) is 3.96. The van der Waals surface area contributed by atoms with E-state index >= 15 is 0 Å². The zero-order chi connectivity index (χ0) is 9.78. The van der Waals surface area contributed by atoms with Crippen molar-refractivity contribution in [2.45, 2.75) is 6.18 Å². The maximum atomic E-state index is 12.1. The van der Waals surface area contributed by atoms with Gasteiger partial charge in [-0.25, -0.2) is 0 Å². The second kappa shape index (κ2) is 5.00. The first-order valence-electron chi connectivity index (χ1n) is 2.58. The van der Waals surface area contributed by atoms with Crippen LogP contribution in [0.4, 0.5) is 21.6 Å².